The van der Waals surface area contributed by atoms with E-state index in [9.17, 15) is 4.79 Å². The highest BCUT2D eigenvalue weighted by Crippen LogP contribution is 2.26. The summed E-state index contributed by atoms with van der Waals surface area (Å²) in [6.45, 7) is 6.75. The second-order valence-corrected chi connectivity index (χ2v) is 8.60. The molecule has 1 amide bonds. The normalized spacial score (nSPS) is 15.1. The van der Waals surface area contributed by atoms with Crippen LogP contribution in [0.5, 0.6) is 0 Å². The van der Waals surface area contributed by atoms with Gasteiger partial charge in [0.25, 0.3) is 0 Å². The lowest BCUT2D eigenvalue weighted by molar-refractivity contribution is 0.0528. The quantitative estimate of drug-likeness (QED) is 0.585. The van der Waals surface area contributed by atoms with Crippen molar-refractivity contribution in [1.29, 1.82) is 0 Å². The monoisotopic (exact) mass is 399 g/mol. The van der Waals surface area contributed by atoms with Crippen LogP contribution in [0.1, 0.15) is 59.3 Å². The van der Waals surface area contributed by atoms with Crippen molar-refractivity contribution in [2.24, 2.45) is 0 Å². The summed E-state index contributed by atoms with van der Waals surface area (Å²) >= 11 is 0. The Hall–Kier alpha value is -2.57. The number of nitrogens with zero attached hydrogens (tertiary/aromatic N) is 2. The van der Waals surface area contributed by atoms with Crippen LogP contribution in [-0.2, 0) is 4.74 Å². The third-order valence-corrected chi connectivity index (χ3v) is 4.85. The maximum absolute atomic E-state index is 11.7. The Morgan fingerprint density at radius 2 is 1.86 bits per heavy atom. The van der Waals surface area contributed by atoms with Crippen LogP contribution in [-0.4, -0.2) is 40.8 Å². The topological polar surface area (TPSA) is 88.2 Å². The fraction of sp³-hybridized carbons (Fsp3) is 0.591. The molecule has 158 valence electrons. The fourth-order valence-electron chi connectivity index (χ4n) is 3.50. The second-order valence-electron chi connectivity index (χ2n) is 8.60. The van der Waals surface area contributed by atoms with Gasteiger partial charge in [0.05, 0.1) is 5.52 Å². The van der Waals surface area contributed by atoms with Crippen LogP contribution in [0.15, 0.2) is 24.3 Å². The van der Waals surface area contributed by atoms with Gasteiger partial charge in [-0.15, -0.1) is 0 Å². The molecular formula is C22H33N5O2. The van der Waals surface area contributed by atoms with Gasteiger partial charge in [0.2, 0.25) is 5.95 Å². The van der Waals surface area contributed by atoms with Crippen LogP contribution < -0.4 is 16.0 Å². The number of hydrogen-bond donors (Lipinski definition) is 3. The molecule has 1 aromatic carbocycles. The summed E-state index contributed by atoms with van der Waals surface area (Å²) in [5.41, 5.74) is 0.443. The minimum absolute atomic E-state index is 0.390. The third-order valence-electron chi connectivity index (χ3n) is 4.85. The van der Waals surface area contributed by atoms with Gasteiger partial charge in [0.1, 0.15) is 11.4 Å². The molecule has 0 saturated heterocycles. The molecule has 1 heterocycles. The number of fused-ring (bicyclic) bond motifs is 1. The van der Waals surface area contributed by atoms with Crippen LogP contribution in [0.4, 0.5) is 16.6 Å². The van der Waals surface area contributed by atoms with E-state index in [2.05, 4.69) is 27.0 Å². The summed E-state index contributed by atoms with van der Waals surface area (Å²) < 4.78 is 5.24. The zero-order valence-corrected chi connectivity index (χ0v) is 17.8. The van der Waals surface area contributed by atoms with Crippen LogP contribution in [0.3, 0.4) is 0 Å². The summed E-state index contributed by atoms with van der Waals surface area (Å²) in [7, 11) is 0. The van der Waals surface area contributed by atoms with Crippen molar-refractivity contribution >= 4 is 28.8 Å². The smallest absolute Gasteiger partial charge is 0.407 e. The van der Waals surface area contributed by atoms with Crippen LogP contribution >= 0.6 is 0 Å². The number of alkyl carbamates (subject to hydrolysis) is 1. The molecule has 3 rings (SSSR count). The Kier molecular flexibility index (Phi) is 7.12. The highest BCUT2D eigenvalue weighted by Gasteiger charge is 2.17. The molecule has 0 unspecified atom stereocenters. The number of carbonyl (C=O) groups excluding carboxylic acids is 1. The van der Waals surface area contributed by atoms with Gasteiger partial charge in [0, 0.05) is 24.5 Å². The van der Waals surface area contributed by atoms with E-state index in [0.29, 0.717) is 25.1 Å². The molecule has 0 bridgehead atoms. The zero-order chi connectivity index (χ0) is 20.7. The SMILES string of the molecule is CC(C)(C)OC(=O)NCCCNc1nc(NC2CCCCC2)c2ccccc2n1. The molecule has 1 saturated carbocycles. The van der Waals surface area contributed by atoms with Gasteiger partial charge in [-0.05, 0) is 52.2 Å². The molecule has 0 radical (unpaired) electrons. The molecule has 2 aromatic rings. The largest absolute Gasteiger partial charge is 0.444 e. The van der Waals surface area contributed by atoms with E-state index in [0.717, 1.165) is 23.1 Å². The first kappa shape index (κ1) is 21.1. The fourth-order valence-corrected chi connectivity index (χ4v) is 3.50. The number of hydrogen-bond acceptors (Lipinski definition) is 6. The highest BCUT2D eigenvalue weighted by molar-refractivity contribution is 5.90. The first-order valence-corrected chi connectivity index (χ1v) is 10.6. The van der Waals surface area contributed by atoms with Gasteiger partial charge in [-0.1, -0.05) is 31.4 Å². The van der Waals surface area contributed by atoms with Gasteiger partial charge >= 0.3 is 6.09 Å². The van der Waals surface area contributed by atoms with E-state index in [-0.39, 0.29) is 0 Å². The van der Waals surface area contributed by atoms with E-state index in [1.165, 1.54) is 32.1 Å². The summed E-state index contributed by atoms with van der Waals surface area (Å²) in [6, 6.07) is 8.57. The summed E-state index contributed by atoms with van der Waals surface area (Å²) in [5.74, 6) is 1.51. The van der Waals surface area contributed by atoms with Crippen molar-refractivity contribution < 1.29 is 9.53 Å². The number of nitrogens with one attached hydrogen (secondary N) is 3. The number of carbonyl (C=O) groups is 1. The Balaban J connectivity index is 1.56. The Labute approximate surface area is 173 Å². The van der Waals surface area contributed by atoms with Crippen LogP contribution in [0.2, 0.25) is 0 Å². The number of amides is 1. The van der Waals surface area contributed by atoms with E-state index in [4.69, 9.17) is 9.72 Å². The molecular weight excluding hydrogens is 366 g/mol. The van der Waals surface area contributed by atoms with Crippen molar-refractivity contribution in [2.45, 2.75) is 70.9 Å². The van der Waals surface area contributed by atoms with E-state index >= 15 is 0 Å². The molecule has 7 heteroatoms. The lowest BCUT2D eigenvalue weighted by Gasteiger charge is -2.24. The number of ether oxygens (including phenoxy) is 1. The molecule has 7 nitrogen and oxygen atoms in total. The van der Waals surface area contributed by atoms with Gasteiger partial charge < -0.3 is 20.7 Å². The standard InChI is InChI=1S/C22H33N5O2/c1-22(2,3)29-21(28)24-15-9-14-23-20-26-18-13-8-7-12-17(18)19(27-20)25-16-10-5-4-6-11-16/h7-8,12-13,16H,4-6,9-11,14-15H2,1-3H3,(H,24,28)(H2,23,25,26,27). The van der Waals surface area contributed by atoms with E-state index in [1.54, 1.807) is 0 Å². The molecule has 1 aliphatic rings. The molecule has 1 aromatic heterocycles. The lowest BCUT2D eigenvalue weighted by Crippen LogP contribution is -2.33. The van der Waals surface area contributed by atoms with Crippen molar-refractivity contribution in [3.05, 3.63) is 24.3 Å². The highest BCUT2D eigenvalue weighted by atomic mass is 16.6. The lowest BCUT2D eigenvalue weighted by atomic mass is 9.95. The molecule has 1 aliphatic carbocycles. The molecule has 0 spiro atoms. The van der Waals surface area contributed by atoms with Crippen molar-refractivity contribution in [2.75, 3.05) is 23.7 Å². The maximum atomic E-state index is 11.7. The predicted molar refractivity (Wildman–Crippen MR) is 117 cm³/mol. The Bertz CT molecular complexity index is 812. The first-order valence-electron chi connectivity index (χ1n) is 10.6. The first-order chi connectivity index (χ1) is 13.9. The molecule has 1 fully saturated rings. The average molecular weight is 400 g/mol. The van der Waals surface area contributed by atoms with Crippen molar-refractivity contribution in [3.63, 3.8) is 0 Å². The maximum Gasteiger partial charge on any atom is 0.407 e. The Morgan fingerprint density at radius 1 is 1.10 bits per heavy atom. The van der Waals surface area contributed by atoms with Gasteiger partial charge in [-0.25, -0.2) is 9.78 Å². The minimum Gasteiger partial charge on any atom is -0.444 e. The number of para-hydroxylation sites is 1. The number of aromatic nitrogens is 2. The number of anilines is 2. The van der Waals surface area contributed by atoms with E-state index < -0.39 is 11.7 Å². The summed E-state index contributed by atoms with van der Waals surface area (Å²) in [6.07, 6.45) is 6.62. The zero-order valence-electron chi connectivity index (χ0n) is 17.8. The number of benzene rings is 1. The minimum atomic E-state index is -0.483. The molecule has 0 atom stereocenters. The number of rotatable bonds is 7. The predicted octanol–water partition coefficient (Wildman–Crippen LogP) is 4.70. The second kappa shape index (κ2) is 9.76. The molecule has 0 aliphatic heterocycles. The molecule has 3 N–H and O–H groups in total. The average Bonchev–Trinajstić information content (AvgIpc) is 2.67. The third kappa shape index (κ3) is 6.76. The van der Waals surface area contributed by atoms with Crippen LogP contribution in [0, 0.1) is 0 Å². The van der Waals surface area contributed by atoms with Gasteiger partial charge in [-0.2, -0.15) is 4.98 Å². The summed E-state index contributed by atoms with van der Waals surface area (Å²) in [5, 5.41) is 10.7. The summed E-state index contributed by atoms with van der Waals surface area (Å²) in [4.78, 5) is 21.1. The molecule has 29 heavy (non-hydrogen) atoms. The van der Waals surface area contributed by atoms with Gasteiger partial charge in [0.15, 0.2) is 0 Å². The van der Waals surface area contributed by atoms with Crippen LogP contribution in [0.25, 0.3) is 10.9 Å². The Morgan fingerprint density at radius 3 is 2.62 bits per heavy atom. The van der Waals surface area contributed by atoms with Crippen molar-refractivity contribution in [1.82, 2.24) is 15.3 Å². The van der Waals surface area contributed by atoms with Gasteiger partial charge in [-0.3, -0.25) is 0 Å². The van der Waals surface area contributed by atoms with E-state index in [1.807, 2.05) is 39.0 Å². The van der Waals surface area contributed by atoms with Crippen molar-refractivity contribution in [3.8, 4) is 0 Å².